The van der Waals surface area contributed by atoms with Gasteiger partial charge < -0.3 is 10.5 Å². The molecule has 0 saturated heterocycles. The fourth-order valence-electron chi connectivity index (χ4n) is 1.84. The molecule has 0 bridgehead atoms. The number of benzene rings is 1. The molecule has 0 radical (unpaired) electrons. The van der Waals surface area contributed by atoms with E-state index in [0.29, 0.717) is 12.1 Å². The van der Waals surface area contributed by atoms with Gasteiger partial charge in [0.1, 0.15) is 5.75 Å². The van der Waals surface area contributed by atoms with Crippen LogP contribution in [0.25, 0.3) is 0 Å². The van der Waals surface area contributed by atoms with Gasteiger partial charge in [0.15, 0.2) is 5.78 Å². The van der Waals surface area contributed by atoms with Crippen LogP contribution in [-0.2, 0) is 5.41 Å². The van der Waals surface area contributed by atoms with Crippen LogP contribution in [0, 0.1) is 5.92 Å². The number of hydrogen-bond acceptors (Lipinski definition) is 3. The highest BCUT2D eigenvalue weighted by molar-refractivity contribution is 5.98. The van der Waals surface area contributed by atoms with Gasteiger partial charge in [0.2, 0.25) is 0 Å². The van der Waals surface area contributed by atoms with Crippen LogP contribution in [0.5, 0.6) is 5.75 Å². The van der Waals surface area contributed by atoms with E-state index in [1.165, 1.54) is 0 Å². The fourth-order valence-corrected chi connectivity index (χ4v) is 1.84. The number of Topliss-reactive ketones (excluding diaryl/α,β-unsaturated/α-hetero) is 1. The molecule has 0 aliphatic rings. The monoisotopic (exact) mass is 249 g/mol. The van der Waals surface area contributed by atoms with E-state index in [9.17, 15) is 4.79 Å². The number of ketones is 1. The van der Waals surface area contributed by atoms with Crippen molar-refractivity contribution in [3.8, 4) is 5.75 Å². The lowest BCUT2D eigenvalue weighted by molar-refractivity contribution is 0.0934. The summed E-state index contributed by atoms with van der Waals surface area (Å²) in [6.45, 7) is 8.53. The van der Waals surface area contributed by atoms with Crippen LogP contribution in [0.3, 0.4) is 0 Å². The molecule has 1 atom stereocenters. The van der Waals surface area contributed by atoms with Crippen LogP contribution in [0.15, 0.2) is 18.2 Å². The van der Waals surface area contributed by atoms with Crippen molar-refractivity contribution in [1.82, 2.24) is 0 Å². The largest absolute Gasteiger partial charge is 0.496 e. The Morgan fingerprint density at radius 3 is 2.44 bits per heavy atom. The lowest BCUT2D eigenvalue weighted by Gasteiger charge is -2.23. The second-order valence-corrected chi connectivity index (χ2v) is 5.67. The van der Waals surface area contributed by atoms with E-state index in [1.54, 1.807) is 7.11 Å². The van der Waals surface area contributed by atoms with Crippen LogP contribution < -0.4 is 10.5 Å². The molecule has 1 aromatic carbocycles. The van der Waals surface area contributed by atoms with Crippen molar-refractivity contribution in [2.45, 2.75) is 33.1 Å². The van der Waals surface area contributed by atoms with Gasteiger partial charge >= 0.3 is 0 Å². The Hall–Kier alpha value is -1.35. The van der Waals surface area contributed by atoms with Crippen LogP contribution in [0.4, 0.5) is 0 Å². The molecule has 0 heterocycles. The topological polar surface area (TPSA) is 52.3 Å². The molecule has 0 aliphatic carbocycles. The highest BCUT2D eigenvalue weighted by Gasteiger charge is 2.22. The lowest BCUT2D eigenvalue weighted by Crippen LogP contribution is -2.21. The highest BCUT2D eigenvalue weighted by Crippen LogP contribution is 2.32. The van der Waals surface area contributed by atoms with Crippen LogP contribution in [0.1, 0.15) is 43.6 Å². The molecule has 0 spiro atoms. The Kier molecular flexibility index (Phi) is 4.52. The molecule has 0 aromatic heterocycles. The first-order chi connectivity index (χ1) is 8.31. The molecule has 18 heavy (non-hydrogen) atoms. The molecule has 3 nitrogen and oxygen atoms in total. The van der Waals surface area contributed by atoms with Gasteiger partial charge in [-0.3, -0.25) is 4.79 Å². The maximum absolute atomic E-state index is 12.1. The minimum atomic E-state index is -0.147. The van der Waals surface area contributed by atoms with E-state index in [2.05, 4.69) is 20.8 Å². The zero-order valence-corrected chi connectivity index (χ0v) is 11.9. The molecular weight excluding hydrogens is 226 g/mol. The molecule has 1 unspecified atom stereocenters. The molecule has 0 fully saturated rings. The Morgan fingerprint density at radius 1 is 1.39 bits per heavy atom. The third-order valence-corrected chi connectivity index (χ3v) is 3.09. The van der Waals surface area contributed by atoms with E-state index in [0.717, 1.165) is 11.3 Å². The Balaban J connectivity index is 3.23. The van der Waals surface area contributed by atoms with E-state index in [-0.39, 0.29) is 17.1 Å². The van der Waals surface area contributed by atoms with Crippen LogP contribution >= 0.6 is 0 Å². The van der Waals surface area contributed by atoms with Crippen molar-refractivity contribution >= 4 is 5.78 Å². The Bertz CT molecular complexity index is 433. The minimum absolute atomic E-state index is 0.0619. The molecule has 100 valence electrons. The zero-order chi connectivity index (χ0) is 13.9. The molecule has 0 saturated carbocycles. The van der Waals surface area contributed by atoms with Crippen molar-refractivity contribution in [2.75, 3.05) is 13.7 Å². The van der Waals surface area contributed by atoms with Gasteiger partial charge in [-0.25, -0.2) is 0 Å². The van der Waals surface area contributed by atoms with Gasteiger partial charge in [0.05, 0.1) is 7.11 Å². The standard InChI is InChI=1S/C15H23NO2/c1-10(9-16)14(17)11-6-7-13(18-5)12(8-11)15(2,3)4/h6-8,10H,9,16H2,1-5H3. The Morgan fingerprint density at radius 2 is 2.00 bits per heavy atom. The molecule has 1 rings (SSSR count). The summed E-state index contributed by atoms with van der Waals surface area (Å²) in [5.41, 5.74) is 7.23. The first kappa shape index (κ1) is 14.7. The molecule has 2 N–H and O–H groups in total. The van der Waals surface area contributed by atoms with Gasteiger partial charge in [0, 0.05) is 23.6 Å². The number of rotatable bonds is 4. The first-order valence-electron chi connectivity index (χ1n) is 6.24. The van der Waals surface area contributed by atoms with Crippen molar-refractivity contribution in [3.63, 3.8) is 0 Å². The summed E-state index contributed by atoms with van der Waals surface area (Å²) >= 11 is 0. The van der Waals surface area contributed by atoms with E-state index >= 15 is 0 Å². The van der Waals surface area contributed by atoms with Crippen LogP contribution in [-0.4, -0.2) is 19.4 Å². The summed E-state index contributed by atoms with van der Waals surface area (Å²) in [6, 6.07) is 5.59. The Labute approximate surface area is 109 Å². The van der Waals surface area contributed by atoms with E-state index in [1.807, 2.05) is 25.1 Å². The minimum Gasteiger partial charge on any atom is -0.496 e. The van der Waals surface area contributed by atoms with Crippen LogP contribution in [0.2, 0.25) is 0 Å². The number of carbonyl (C=O) groups is 1. The summed E-state index contributed by atoms with van der Waals surface area (Å²) in [4.78, 5) is 12.1. The predicted molar refractivity (Wildman–Crippen MR) is 74.2 cm³/mol. The normalized spacial score (nSPS) is 13.2. The summed E-state index contributed by atoms with van der Waals surface area (Å²) in [5, 5.41) is 0. The summed E-state index contributed by atoms with van der Waals surface area (Å²) < 4.78 is 5.36. The average Bonchev–Trinajstić information content (AvgIpc) is 2.35. The number of nitrogens with two attached hydrogens (primary N) is 1. The van der Waals surface area contributed by atoms with E-state index < -0.39 is 0 Å². The lowest BCUT2D eigenvalue weighted by atomic mass is 9.84. The molecule has 3 heteroatoms. The van der Waals surface area contributed by atoms with Crippen molar-refractivity contribution in [2.24, 2.45) is 11.7 Å². The number of methoxy groups -OCH3 is 1. The van der Waals surface area contributed by atoms with Gasteiger partial charge in [-0.05, 0) is 23.6 Å². The molecule has 0 aliphatic heterocycles. The predicted octanol–water partition coefficient (Wildman–Crippen LogP) is 2.77. The third-order valence-electron chi connectivity index (χ3n) is 3.09. The van der Waals surface area contributed by atoms with Gasteiger partial charge in [-0.15, -0.1) is 0 Å². The molecule has 1 aromatic rings. The summed E-state index contributed by atoms with van der Waals surface area (Å²) in [6.07, 6.45) is 0. The fraction of sp³-hybridized carbons (Fsp3) is 0.533. The molecular formula is C15H23NO2. The highest BCUT2D eigenvalue weighted by atomic mass is 16.5. The second kappa shape index (κ2) is 5.53. The summed E-state index contributed by atoms with van der Waals surface area (Å²) in [5.74, 6) is 0.760. The van der Waals surface area contributed by atoms with Crippen molar-refractivity contribution < 1.29 is 9.53 Å². The SMILES string of the molecule is COc1ccc(C(=O)C(C)CN)cc1C(C)(C)C. The number of hydrogen-bond donors (Lipinski definition) is 1. The number of ether oxygens (including phenoxy) is 1. The summed E-state index contributed by atoms with van der Waals surface area (Å²) in [7, 11) is 1.65. The molecule has 0 amide bonds. The third kappa shape index (κ3) is 3.10. The van der Waals surface area contributed by atoms with E-state index in [4.69, 9.17) is 10.5 Å². The maximum Gasteiger partial charge on any atom is 0.166 e. The zero-order valence-electron chi connectivity index (χ0n) is 11.9. The second-order valence-electron chi connectivity index (χ2n) is 5.67. The quantitative estimate of drug-likeness (QED) is 0.835. The number of carbonyl (C=O) groups excluding carboxylic acids is 1. The van der Waals surface area contributed by atoms with Crippen molar-refractivity contribution in [3.05, 3.63) is 29.3 Å². The van der Waals surface area contributed by atoms with Gasteiger partial charge in [-0.1, -0.05) is 27.7 Å². The van der Waals surface area contributed by atoms with Gasteiger partial charge in [0.25, 0.3) is 0 Å². The van der Waals surface area contributed by atoms with Gasteiger partial charge in [-0.2, -0.15) is 0 Å². The maximum atomic E-state index is 12.1. The first-order valence-corrected chi connectivity index (χ1v) is 6.24. The van der Waals surface area contributed by atoms with Crippen molar-refractivity contribution in [1.29, 1.82) is 0 Å². The average molecular weight is 249 g/mol. The smallest absolute Gasteiger partial charge is 0.166 e.